The predicted octanol–water partition coefficient (Wildman–Crippen LogP) is -1.67. The second-order valence-electron chi connectivity index (χ2n) is 10.5. The van der Waals surface area contributed by atoms with Crippen molar-refractivity contribution in [3.63, 3.8) is 0 Å². The standard InChI is InChI=1S/C20H27N4O12P.H3N/c1-19-13-14-20(19,2)16(28)22-18(30)24(14)12-4-8(9(5-25)34-12)36-37(31,32)33-6-10-7(26)3-11(35-10)23(13)17(29)21-15(19)27;/h7-14,25-26H,3-6H2,1-2H3,(H,31,32)(H,21,27,29)(H,22,28,30);1H3/p+1/t7-,8?,9+,10?,11+,12+,13+,14-,19-,20+;/m0./s1. The summed E-state index contributed by atoms with van der Waals surface area (Å²) in [5.41, 5.74) is -3.02. The Morgan fingerprint density at radius 1 is 0.947 bits per heavy atom. The molecule has 5 aliphatic heterocycles. The van der Waals surface area contributed by atoms with Crippen molar-refractivity contribution < 1.29 is 57.4 Å². The number of imide groups is 2. The second-order valence-corrected chi connectivity index (χ2v) is 11.9. The van der Waals surface area contributed by atoms with Gasteiger partial charge in [-0.05, 0) is 13.8 Å². The fourth-order valence-electron chi connectivity index (χ4n) is 6.76. The fraction of sp³-hybridized carbons (Fsp3) is 0.800. The molecule has 0 aromatic heterocycles. The van der Waals surface area contributed by atoms with Gasteiger partial charge in [-0.3, -0.25) is 39.1 Å². The molecule has 11 atom stereocenters. The molecule has 1 aliphatic carbocycles. The molecule has 18 heteroatoms. The normalized spacial score (nSPS) is 49.8. The van der Waals surface area contributed by atoms with Crippen molar-refractivity contribution in [3.8, 4) is 0 Å². The number of fused-ring (bicyclic) bond motifs is 7. The third-order valence-corrected chi connectivity index (χ3v) is 9.88. The highest BCUT2D eigenvalue weighted by Gasteiger charge is 2.82. The molecule has 0 radical (unpaired) electrons. The number of urea groups is 2. The van der Waals surface area contributed by atoms with Crippen molar-refractivity contribution in [3.05, 3.63) is 0 Å². The molecule has 212 valence electrons. The van der Waals surface area contributed by atoms with Crippen LogP contribution in [0.3, 0.4) is 0 Å². The van der Waals surface area contributed by atoms with Crippen LogP contribution in [0, 0.1) is 10.8 Å². The minimum absolute atomic E-state index is 0. The molecule has 0 spiro atoms. The second kappa shape index (κ2) is 8.64. The van der Waals surface area contributed by atoms with Crippen molar-refractivity contribution in [2.24, 2.45) is 10.8 Å². The summed E-state index contributed by atoms with van der Waals surface area (Å²) in [6.45, 7) is 1.84. The third-order valence-electron chi connectivity index (χ3n) is 8.87. The number of hydrogen-bond donors (Lipinski definition) is 6. The number of ether oxygens (including phenoxy) is 2. The summed E-state index contributed by atoms with van der Waals surface area (Å²) in [4.78, 5) is 65.5. The smallest absolute Gasteiger partial charge is 0.394 e. The first-order valence-corrected chi connectivity index (χ1v) is 13.4. The van der Waals surface area contributed by atoms with E-state index < -0.39 is 105 Å². The number of nitrogens with zero attached hydrogens (tertiary/aromatic N) is 2. The Morgan fingerprint density at radius 2 is 1.47 bits per heavy atom. The zero-order valence-corrected chi connectivity index (χ0v) is 21.7. The summed E-state index contributed by atoms with van der Waals surface area (Å²) in [6, 6.07) is -3.82. The SMILES string of the molecule is C[C@]12C(=O)NC(=O)N3[C@H]1[C@H]1N(C(=O)NC(=O)[C@]12C)[C@H]1C[C@H](O)C(COP(=O)(O)OC2C[C@H]3O[C@@H]2CO)O1.[NH4+]. The Bertz CT molecular complexity index is 1140. The van der Waals surface area contributed by atoms with Gasteiger partial charge in [0, 0.05) is 12.8 Å². The zero-order valence-electron chi connectivity index (χ0n) is 20.8. The van der Waals surface area contributed by atoms with Gasteiger partial charge in [-0.15, -0.1) is 0 Å². The Balaban J connectivity index is 0.00000294. The lowest BCUT2D eigenvalue weighted by Crippen LogP contribution is -2.92. The maximum absolute atomic E-state index is 13.2. The lowest BCUT2D eigenvalue weighted by Gasteiger charge is -2.72. The van der Waals surface area contributed by atoms with Crippen molar-refractivity contribution in [1.29, 1.82) is 0 Å². The Labute approximate surface area is 215 Å². The number of aliphatic hydroxyl groups excluding tert-OH is 2. The van der Waals surface area contributed by atoms with Crippen LogP contribution < -0.4 is 16.8 Å². The van der Waals surface area contributed by atoms with E-state index in [4.69, 9.17) is 18.5 Å². The van der Waals surface area contributed by atoms with Crippen LogP contribution in [0.1, 0.15) is 26.7 Å². The molecule has 6 amide bonds. The summed E-state index contributed by atoms with van der Waals surface area (Å²) in [6.07, 6.45) is -7.24. The van der Waals surface area contributed by atoms with Gasteiger partial charge in [-0.2, -0.15) is 0 Å². The number of phosphoric ester groups is 1. The van der Waals surface area contributed by atoms with E-state index in [9.17, 15) is 38.8 Å². The average molecular weight is 564 g/mol. The van der Waals surface area contributed by atoms with Crippen LogP contribution in [0.25, 0.3) is 0 Å². The molecule has 5 saturated heterocycles. The largest absolute Gasteiger partial charge is 0.472 e. The Kier molecular flexibility index (Phi) is 6.22. The monoisotopic (exact) mass is 564 g/mol. The van der Waals surface area contributed by atoms with Gasteiger partial charge in [0.1, 0.15) is 30.8 Å². The highest BCUT2D eigenvalue weighted by molar-refractivity contribution is 7.47. The van der Waals surface area contributed by atoms with Gasteiger partial charge in [0.15, 0.2) is 0 Å². The van der Waals surface area contributed by atoms with Crippen LogP contribution in [-0.2, 0) is 32.7 Å². The molecule has 0 aromatic carbocycles. The summed E-state index contributed by atoms with van der Waals surface area (Å²) < 4.78 is 34.6. The first-order valence-electron chi connectivity index (χ1n) is 11.9. The summed E-state index contributed by atoms with van der Waals surface area (Å²) in [5.74, 6) is -1.42. The molecule has 1 saturated carbocycles. The third kappa shape index (κ3) is 3.37. The van der Waals surface area contributed by atoms with Gasteiger partial charge >= 0.3 is 19.9 Å². The maximum atomic E-state index is 13.2. The summed E-state index contributed by atoms with van der Waals surface area (Å²) in [5, 5.41) is 24.9. The topological polar surface area (TPSA) is 250 Å². The van der Waals surface area contributed by atoms with Crippen molar-refractivity contribution in [2.75, 3.05) is 13.2 Å². The van der Waals surface area contributed by atoms with Crippen molar-refractivity contribution in [1.82, 2.24) is 26.6 Å². The van der Waals surface area contributed by atoms with E-state index in [0.717, 1.165) is 0 Å². The quantitative estimate of drug-likeness (QED) is 0.196. The molecule has 9 N–H and O–H groups in total. The lowest BCUT2D eigenvalue weighted by molar-refractivity contribution is -0.242. The zero-order chi connectivity index (χ0) is 26.7. The number of hydrogen-bond acceptors (Lipinski definition) is 11. The molecule has 0 aromatic rings. The van der Waals surface area contributed by atoms with E-state index in [-0.39, 0.29) is 19.0 Å². The van der Waals surface area contributed by atoms with E-state index in [1.54, 1.807) is 0 Å². The van der Waals surface area contributed by atoms with Gasteiger partial charge in [-0.25, -0.2) is 14.2 Å². The highest BCUT2D eigenvalue weighted by Crippen LogP contribution is 2.64. The van der Waals surface area contributed by atoms with Gasteiger partial charge < -0.3 is 30.7 Å². The van der Waals surface area contributed by atoms with Gasteiger partial charge in [0.25, 0.3) is 0 Å². The molecular weight excluding hydrogens is 533 g/mol. The molecule has 6 rings (SSSR count). The van der Waals surface area contributed by atoms with Gasteiger partial charge in [0.2, 0.25) is 11.8 Å². The van der Waals surface area contributed by atoms with E-state index in [0.29, 0.717) is 0 Å². The number of rotatable bonds is 1. The first kappa shape index (κ1) is 27.4. The van der Waals surface area contributed by atoms with Crippen LogP contribution in [-0.4, -0.2) is 111 Å². The fourth-order valence-corrected chi connectivity index (χ4v) is 7.72. The van der Waals surface area contributed by atoms with Crippen LogP contribution in [0.2, 0.25) is 0 Å². The number of aliphatic hydroxyl groups is 2. The van der Waals surface area contributed by atoms with E-state index in [1.165, 1.54) is 23.6 Å². The molecule has 3 unspecified atom stereocenters. The maximum Gasteiger partial charge on any atom is 0.472 e. The molecular formula is C20H31N5O12P+. The highest BCUT2D eigenvalue weighted by atomic mass is 31.2. The molecule has 6 fully saturated rings. The number of nitrogens with one attached hydrogen (secondary N) is 2. The van der Waals surface area contributed by atoms with E-state index in [1.807, 2.05) is 0 Å². The molecule has 5 heterocycles. The molecule has 17 nitrogen and oxygen atoms in total. The molecule has 6 aliphatic rings. The minimum Gasteiger partial charge on any atom is -0.394 e. The molecule has 4 bridgehead atoms. The number of amides is 6. The van der Waals surface area contributed by atoms with Gasteiger partial charge in [0.05, 0.1) is 42.2 Å². The predicted molar refractivity (Wildman–Crippen MR) is 121 cm³/mol. The number of carbonyl (C=O) groups is 4. The minimum atomic E-state index is -4.74. The van der Waals surface area contributed by atoms with E-state index >= 15 is 0 Å². The molecule has 38 heavy (non-hydrogen) atoms. The Morgan fingerprint density at radius 3 is 2.00 bits per heavy atom. The van der Waals surface area contributed by atoms with Gasteiger partial charge in [-0.1, -0.05) is 0 Å². The van der Waals surface area contributed by atoms with Crippen LogP contribution in [0.4, 0.5) is 9.59 Å². The van der Waals surface area contributed by atoms with Crippen molar-refractivity contribution in [2.45, 2.75) is 75.6 Å². The van der Waals surface area contributed by atoms with Crippen LogP contribution in [0.5, 0.6) is 0 Å². The number of carbonyl (C=O) groups excluding carboxylic acids is 4. The summed E-state index contributed by atoms with van der Waals surface area (Å²) >= 11 is 0. The van der Waals surface area contributed by atoms with Crippen molar-refractivity contribution >= 4 is 31.7 Å². The lowest BCUT2D eigenvalue weighted by atomic mass is 9.42. The average Bonchev–Trinajstić information content (AvgIpc) is 3.38. The van der Waals surface area contributed by atoms with Crippen LogP contribution >= 0.6 is 7.82 Å². The number of quaternary nitrogens is 1. The Hall–Kier alpha value is -2.21. The van der Waals surface area contributed by atoms with E-state index in [2.05, 4.69) is 10.6 Å². The first-order chi connectivity index (χ1) is 17.3. The van der Waals surface area contributed by atoms with Crippen LogP contribution in [0.15, 0.2) is 0 Å². The number of phosphoric acid groups is 1. The summed E-state index contributed by atoms with van der Waals surface area (Å²) in [7, 11) is -4.74.